The molecule has 3 nitrogen and oxygen atoms in total. The molecule has 2 atom stereocenters. The average molecular weight is 143 g/mol. The molecule has 1 fully saturated rings. The van der Waals surface area contributed by atoms with Crippen LogP contribution in [0.2, 0.25) is 0 Å². The maximum Gasteiger partial charge on any atom is 0.308 e. The van der Waals surface area contributed by atoms with E-state index < -0.39 is 5.97 Å². The molecule has 10 heavy (non-hydrogen) atoms. The monoisotopic (exact) mass is 143 g/mol. The van der Waals surface area contributed by atoms with Gasteiger partial charge in [0, 0.05) is 6.54 Å². The molecule has 1 rings (SSSR count). The lowest BCUT2D eigenvalue weighted by atomic mass is 9.88. The summed E-state index contributed by atoms with van der Waals surface area (Å²) in [7, 11) is 0. The van der Waals surface area contributed by atoms with E-state index in [1.165, 1.54) is 0 Å². The number of aliphatic carboxylic acids is 1. The summed E-state index contributed by atoms with van der Waals surface area (Å²) in [5.41, 5.74) is 0. The van der Waals surface area contributed by atoms with Crippen LogP contribution in [-0.2, 0) is 4.79 Å². The van der Waals surface area contributed by atoms with Gasteiger partial charge in [-0.1, -0.05) is 6.92 Å². The van der Waals surface area contributed by atoms with E-state index in [1.807, 2.05) is 6.92 Å². The highest BCUT2D eigenvalue weighted by atomic mass is 16.4. The molecule has 0 saturated carbocycles. The van der Waals surface area contributed by atoms with Crippen LogP contribution in [0, 0.1) is 11.8 Å². The van der Waals surface area contributed by atoms with Crippen molar-refractivity contribution in [3.05, 3.63) is 0 Å². The predicted octanol–water partition coefficient (Wildman–Crippen LogP) is 0.317. The van der Waals surface area contributed by atoms with Crippen molar-refractivity contribution in [2.45, 2.75) is 13.3 Å². The van der Waals surface area contributed by atoms with Crippen molar-refractivity contribution in [1.82, 2.24) is 5.32 Å². The summed E-state index contributed by atoms with van der Waals surface area (Å²) in [5.74, 6) is -0.507. The van der Waals surface area contributed by atoms with Crippen LogP contribution in [-0.4, -0.2) is 24.2 Å². The van der Waals surface area contributed by atoms with Crippen LogP contribution in [0.4, 0.5) is 0 Å². The molecule has 2 unspecified atom stereocenters. The molecule has 0 aromatic heterocycles. The van der Waals surface area contributed by atoms with Crippen molar-refractivity contribution in [3.63, 3.8) is 0 Å². The summed E-state index contributed by atoms with van der Waals surface area (Å²) in [6, 6.07) is 0. The molecule has 0 bridgehead atoms. The van der Waals surface area contributed by atoms with Gasteiger partial charge < -0.3 is 10.4 Å². The lowest BCUT2D eigenvalue weighted by molar-refractivity contribution is -0.143. The number of carboxylic acid groups (broad SMARTS) is 1. The van der Waals surface area contributed by atoms with E-state index in [1.54, 1.807) is 0 Å². The van der Waals surface area contributed by atoms with Crippen LogP contribution in [0.1, 0.15) is 13.3 Å². The SMILES string of the molecule is CC1CCNCC1C(=O)O. The third-order valence-corrected chi connectivity index (χ3v) is 2.14. The van der Waals surface area contributed by atoms with Crippen LogP contribution in [0.5, 0.6) is 0 Å². The number of carboxylic acids is 1. The Morgan fingerprint density at radius 3 is 2.80 bits per heavy atom. The fraction of sp³-hybridized carbons (Fsp3) is 0.857. The number of rotatable bonds is 1. The minimum Gasteiger partial charge on any atom is -0.481 e. The lowest BCUT2D eigenvalue weighted by Gasteiger charge is -2.25. The van der Waals surface area contributed by atoms with Gasteiger partial charge in [0.15, 0.2) is 0 Å². The third-order valence-electron chi connectivity index (χ3n) is 2.14. The maximum atomic E-state index is 10.5. The van der Waals surface area contributed by atoms with Gasteiger partial charge in [0.2, 0.25) is 0 Å². The Kier molecular flexibility index (Phi) is 2.27. The summed E-state index contributed by atoms with van der Waals surface area (Å²) in [6.07, 6.45) is 0.983. The Hall–Kier alpha value is -0.570. The third kappa shape index (κ3) is 1.48. The van der Waals surface area contributed by atoms with Gasteiger partial charge in [-0.05, 0) is 18.9 Å². The van der Waals surface area contributed by atoms with Crippen molar-refractivity contribution in [3.8, 4) is 0 Å². The van der Waals surface area contributed by atoms with Gasteiger partial charge >= 0.3 is 5.97 Å². The van der Waals surface area contributed by atoms with Crippen LogP contribution < -0.4 is 5.32 Å². The zero-order chi connectivity index (χ0) is 7.56. The van der Waals surface area contributed by atoms with E-state index in [0.29, 0.717) is 12.5 Å². The Labute approximate surface area is 60.4 Å². The molecule has 0 aliphatic carbocycles. The number of nitrogens with one attached hydrogen (secondary N) is 1. The highest BCUT2D eigenvalue weighted by Crippen LogP contribution is 2.17. The molecule has 3 heteroatoms. The standard InChI is InChI=1S/C7H13NO2/c1-5-2-3-8-4-6(5)7(9)10/h5-6,8H,2-4H2,1H3,(H,9,10). The predicted molar refractivity (Wildman–Crippen MR) is 37.8 cm³/mol. The van der Waals surface area contributed by atoms with E-state index in [2.05, 4.69) is 5.32 Å². The topological polar surface area (TPSA) is 49.3 Å². The second-order valence-electron chi connectivity index (χ2n) is 2.91. The first kappa shape index (κ1) is 7.54. The molecule has 1 aliphatic rings. The summed E-state index contributed by atoms with van der Waals surface area (Å²) in [6.45, 7) is 3.60. The smallest absolute Gasteiger partial charge is 0.308 e. The molecule has 58 valence electrons. The number of carbonyl (C=O) groups is 1. The largest absolute Gasteiger partial charge is 0.481 e. The van der Waals surface area contributed by atoms with E-state index in [-0.39, 0.29) is 5.92 Å². The van der Waals surface area contributed by atoms with E-state index in [0.717, 1.165) is 13.0 Å². The van der Waals surface area contributed by atoms with Gasteiger partial charge in [-0.15, -0.1) is 0 Å². The normalized spacial score (nSPS) is 33.7. The number of hydrogen-bond acceptors (Lipinski definition) is 2. The van der Waals surface area contributed by atoms with Gasteiger partial charge in [-0.3, -0.25) is 4.79 Å². The van der Waals surface area contributed by atoms with Crippen molar-refractivity contribution in [2.75, 3.05) is 13.1 Å². The summed E-state index contributed by atoms with van der Waals surface area (Å²) >= 11 is 0. The maximum absolute atomic E-state index is 10.5. The minimum atomic E-state index is -0.667. The van der Waals surface area contributed by atoms with E-state index in [9.17, 15) is 4.79 Å². The molecule has 0 amide bonds. The zero-order valence-corrected chi connectivity index (χ0v) is 6.13. The van der Waals surface area contributed by atoms with Gasteiger partial charge in [0.1, 0.15) is 0 Å². The molecular formula is C7H13NO2. The zero-order valence-electron chi connectivity index (χ0n) is 6.13. The summed E-state index contributed by atoms with van der Waals surface area (Å²) in [5, 5.41) is 11.7. The average Bonchev–Trinajstić information content (AvgIpc) is 1.88. The van der Waals surface area contributed by atoms with Crippen LogP contribution in [0.25, 0.3) is 0 Å². The molecule has 1 saturated heterocycles. The Morgan fingerprint density at radius 1 is 1.70 bits per heavy atom. The van der Waals surface area contributed by atoms with Crippen molar-refractivity contribution < 1.29 is 9.90 Å². The first-order valence-corrected chi connectivity index (χ1v) is 3.65. The second-order valence-corrected chi connectivity index (χ2v) is 2.91. The van der Waals surface area contributed by atoms with Crippen LogP contribution in [0.15, 0.2) is 0 Å². The van der Waals surface area contributed by atoms with Gasteiger partial charge in [-0.25, -0.2) is 0 Å². The van der Waals surface area contributed by atoms with Gasteiger partial charge in [0.25, 0.3) is 0 Å². The lowest BCUT2D eigenvalue weighted by Crippen LogP contribution is -2.39. The fourth-order valence-corrected chi connectivity index (χ4v) is 1.32. The Balaban J connectivity index is 2.47. The van der Waals surface area contributed by atoms with Crippen molar-refractivity contribution >= 4 is 5.97 Å². The molecule has 2 N–H and O–H groups in total. The summed E-state index contributed by atoms with van der Waals surface area (Å²) in [4.78, 5) is 10.5. The first-order chi connectivity index (χ1) is 4.72. The quantitative estimate of drug-likeness (QED) is 0.555. The van der Waals surface area contributed by atoms with Crippen LogP contribution >= 0.6 is 0 Å². The second kappa shape index (κ2) is 3.01. The molecule has 0 spiro atoms. The molecule has 0 radical (unpaired) electrons. The minimum absolute atomic E-state index is 0.172. The molecular weight excluding hydrogens is 130 g/mol. The van der Waals surface area contributed by atoms with Crippen LogP contribution in [0.3, 0.4) is 0 Å². The highest BCUT2D eigenvalue weighted by molar-refractivity contribution is 5.70. The number of hydrogen-bond donors (Lipinski definition) is 2. The molecule has 0 aromatic carbocycles. The van der Waals surface area contributed by atoms with E-state index in [4.69, 9.17) is 5.11 Å². The highest BCUT2D eigenvalue weighted by Gasteiger charge is 2.26. The molecule has 1 aliphatic heterocycles. The summed E-state index contributed by atoms with van der Waals surface area (Å²) < 4.78 is 0. The Morgan fingerprint density at radius 2 is 2.40 bits per heavy atom. The van der Waals surface area contributed by atoms with Crippen molar-refractivity contribution in [2.24, 2.45) is 11.8 Å². The molecule has 1 heterocycles. The fourth-order valence-electron chi connectivity index (χ4n) is 1.32. The first-order valence-electron chi connectivity index (χ1n) is 3.65. The van der Waals surface area contributed by atoms with Crippen molar-refractivity contribution in [1.29, 1.82) is 0 Å². The van der Waals surface area contributed by atoms with Gasteiger partial charge in [0.05, 0.1) is 5.92 Å². The Bertz CT molecular complexity index is 136. The molecule has 0 aromatic rings. The van der Waals surface area contributed by atoms with E-state index >= 15 is 0 Å². The number of piperidine rings is 1. The van der Waals surface area contributed by atoms with Gasteiger partial charge in [-0.2, -0.15) is 0 Å².